The van der Waals surface area contributed by atoms with E-state index < -0.39 is 0 Å². The molecule has 0 aliphatic rings. The second kappa shape index (κ2) is 8.18. The largest absolute Gasteiger partial charge is 0.325 e. The molecular formula is C19H19ClN6O2. The Labute approximate surface area is 166 Å². The third-order valence-corrected chi connectivity index (χ3v) is 4.24. The van der Waals surface area contributed by atoms with E-state index in [2.05, 4.69) is 26.0 Å². The highest BCUT2D eigenvalue weighted by Gasteiger charge is 2.12. The summed E-state index contributed by atoms with van der Waals surface area (Å²) < 4.78 is 0. The second-order valence-corrected chi connectivity index (χ2v) is 6.79. The van der Waals surface area contributed by atoms with Crippen LogP contribution in [0.2, 0.25) is 5.02 Å². The van der Waals surface area contributed by atoms with Crippen molar-refractivity contribution in [3.8, 4) is 11.4 Å². The number of halogens is 1. The molecule has 0 atom stereocenters. The highest BCUT2D eigenvalue weighted by atomic mass is 35.5. The number of nitrogens with zero attached hydrogens (tertiary/aromatic N) is 4. The Kier molecular flexibility index (Phi) is 5.70. The van der Waals surface area contributed by atoms with Gasteiger partial charge < -0.3 is 10.6 Å². The number of hydrogen-bond acceptors (Lipinski definition) is 5. The van der Waals surface area contributed by atoms with Crippen molar-refractivity contribution in [3.05, 3.63) is 52.5 Å². The quantitative estimate of drug-likeness (QED) is 0.687. The molecule has 1 aromatic heterocycles. The summed E-state index contributed by atoms with van der Waals surface area (Å²) in [5, 5.41) is 17.9. The van der Waals surface area contributed by atoms with Crippen LogP contribution in [-0.2, 0) is 16.1 Å². The van der Waals surface area contributed by atoms with E-state index in [0.717, 1.165) is 16.8 Å². The molecule has 0 saturated heterocycles. The van der Waals surface area contributed by atoms with Crippen LogP contribution in [0.25, 0.3) is 11.4 Å². The van der Waals surface area contributed by atoms with E-state index in [-0.39, 0.29) is 18.4 Å². The van der Waals surface area contributed by atoms with Gasteiger partial charge in [-0.25, -0.2) is 0 Å². The lowest BCUT2D eigenvalue weighted by Crippen LogP contribution is -2.21. The van der Waals surface area contributed by atoms with Crippen LogP contribution < -0.4 is 10.6 Å². The molecular weight excluding hydrogens is 380 g/mol. The number of tetrazole rings is 1. The average Bonchev–Trinajstić information content (AvgIpc) is 3.07. The summed E-state index contributed by atoms with van der Waals surface area (Å²) in [5.41, 5.74) is 3.98. The number of nitrogens with one attached hydrogen (secondary N) is 2. The molecule has 3 aromatic rings. The number of carbonyl (C=O) groups is 2. The molecule has 9 heteroatoms. The third kappa shape index (κ3) is 4.72. The number of amides is 2. The molecule has 0 saturated carbocycles. The number of aromatic nitrogens is 4. The summed E-state index contributed by atoms with van der Waals surface area (Å²) in [5.74, 6) is -0.140. The van der Waals surface area contributed by atoms with Crippen molar-refractivity contribution in [1.82, 2.24) is 20.2 Å². The molecule has 0 fully saturated rings. The van der Waals surface area contributed by atoms with Gasteiger partial charge in [-0.3, -0.25) is 9.59 Å². The predicted octanol–water partition coefficient (Wildman–Crippen LogP) is 3.21. The van der Waals surface area contributed by atoms with E-state index in [1.165, 1.54) is 11.7 Å². The van der Waals surface area contributed by atoms with E-state index in [1.54, 1.807) is 18.2 Å². The van der Waals surface area contributed by atoms with Crippen LogP contribution in [-0.4, -0.2) is 32.0 Å². The van der Waals surface area contributed by atoms with Crippen LogP contribution in [0.1, 0.15) is 18.1 Å². The summed E-state index contributed by atoms with van der Waals surface area (Å²) >= 11 is 6.17. The van der Waals surface area contributed by atoms with Crippen molar-refractivity contribution in [3.63, 3.8) is 0 Å². The molecule has 2 N–H and O–H groups in total. The normalized spacial score (nSPS) is 10.6. The van der Waals surface area contributed by atoms with Crippen molar-refractivity contribution in [2.45, 2.75) is 27.3 Å². The van der Waals surface area contributed by atoms with Gasteiger partial charge in [0, 0.05) is 18.2 Å². The third-order valence-electron chi connectivity index (χ3n) is 3.93. The Morgan fingerprint density at radius 1 is 1.07 bits per heavy atom. The number of carbonyl (C=O) groups excluding carboxylic acids is 2. The van der Waals surface area contributed by atoms with Crippen LogP contribution >= 0.6 is 11.6 Å². The van der Waals surface area contributed by atoms with E-state index >= 15 is 0 Å². The number of anilines is 2. The van der Waals surface area contributed by atoms with Crippen molar-refractivity contribution < 1.29 is 9.59 Å². The number of benzene rings is 2. The van der Waals surface area contributed by atoms with Gasteiger partial charge in [-0.05, 0) is 48.9 Å². The molecule has 2 amide bonds. The maximum atomic E-state index is 12.3. The summed E-state index contributed by atoms with van der Waals surface area (Å²) in [4.78, 5) is 24.6. The SMILES string of the molecule is CC(=O)Nc1ccc(-c2nnn(CC(=O)Nc3ccc(C)cc3C)n2)cc1Cl. The van der Waals surface area contributed by atoms with Gasteiger partial charge in [0.25, 0.3) is 0 Å². The molecule has 28 heavy (non-hydrogen) atoms. The molecule has 3 rings (SSSR count). The number of aryl methyl sites for hydroxylation is 2. The molecule has 1 heterocycles. The van der Waals surface area contributed by atoms with Gasteiger partial charge in [0.05, 0.1) is 10.7 Å². The van der Waals surface area contributed by atoms with Gasteiger partial charge in [-0.2, -0.15) is 4.80 Å². The van der Waals surface area contributed by atoms with E-state index in [1.807, 2.05) is 32.0 Å². The Morgan fingerprint density at radius 3 is 2.50 bits per heavy atom. The lowest BCUT2D eigenvalue weighted by Gasteiger charge is -2.08. The van der Waals surface area contributed by atoms with Gasteiger partial charge in [0.1, 0.15) is 6.54 Å². The lowest BCUT2D eigenvalue weighted by atomic mass is 10.1. The Bertz CT molecular complexity index is 1050. The van der Waals surface area contributed by atoms with Gasteiger partial charge >= 0.3 is 0 Å². The van der Waals surface area contributed by atoms with Crippen LogP contribution in [0.3, 0.4) is 0 Å². The molecule has 8 nitrogen and oxygen atoms in total. The maximum absolute atomic E-state index is 12.3. The van der Waals surface area contributed by atoms with Gasteiger partial charge in [0.2, 0.25) is 17.6 Å². The Balaban J connectivity index is 1.69. The second-order valence-electron chi connectivity index (χ2n) is 6.39. The summed E-state index contributed by atoms with van der Waals surface area (Å²) in [6, 6.07) is 10.8. The monoisotopic (exact) mass is 398 g/mol. The van der Waals surface area contributed by atoms with Crippen LogP contribution in [0, 0.1) is 13.8 Å². The predicted molar refractivity (Wildman–Crippen MR) is 107 cm³/mol. The molecule has 2 aromatic carbocycles. The minimum atomic E-state index is -0.255. The zero-order chi connectivity index (χ0) is 20.3. The molecule has 0 spiro atoms. The smallest absolute Gasteiger partial charge is 0.248 e. The number of hydrogen-bond donors (Lipinski definition) is 2. The minimum Gasteiger partial charge on any atom is -0.325 e. The zero-order valence-electron chi connectivity index (χ0n) is 15.7. The first-order valence-electron chi connectivity index (χ1n) is 8.54. The Hall–Kier alpha value is -3.26. The fourth-order valence-electron chi connectivity index (χ4n) is 2.64. The summed E-state index contributed by atoms with van der Waals surface area (Å²) in [6.45, 7) is 5.26. The molecule has 144 valence electrons. The standard InChI is InChI=1S/C19H19ClN6O2/c1-11-4-6-16(12(2)8-11)22-18(28)10-26-24-19(23-25-26)14-5-7-17(15(20)9-14)21-13(3)27/h4-9H,10H2,1-3H3,(H,21,27)(H,22,28). The average molecular weight is 399 g/mol. The van der Waals surface area contributed by atoms with Crippen molar-refractivity contribution in [2.24, 2.45) is 0 Å². The van der Waals surface area contributed by atoms with Crippen molar-refractivity contribution in [1.29, 1.82) is 0 Å². The maximum Gasteiger partial charge on any atom is 0.248 e. The van der Waals surface area contributed by atoms with E-state index in [4.69, 9.17) is 11.6 Å². The molecule has 0 radical (unpaired) electrons. The van der Waals surface area contributed by atoms with Crippen molar-refractivity contribution in [2.75, 3.05) is 10.6 Å². The molecule has 0 unspecified atom stereocenters. The van der Waals surface area contributed by atoms with Crippen molar-refractivity contribution >= 4 is 34.8 Å². The minimum absolute atomic E-state index is 0.0714. The molecule has 0 aliphatic carbocycles. The van der Waals surface area contributed by atoms with Gasteiger partial charge in [-0.1, -0.05) is 29.3 Å². The van der Waals surface area contributed by atoms with Gasteiger partial charge in [-0.15, -0.1) is 10.2 Å². The zero-order valence-corrected chi connectivity index (χ0v) is 16.4. The first-order chi connectivity index (χ1) is 13.3. The van der Waals surface area contributed by atoms with Gasteiger partial charge in [0.15, 0.2) is 0 Å². The fraction of sp³-hybridized carbons (Fsp3) is 0.211. The molecule has 0 bridgehead atoms. The summed E-state index contributed by atoms with van der Waals surface area (Å²) in [6.07, 6.45) is 0. The highest BCUT2D eigenvalue weighted by Crippen LogP contribution is 2.27. The molecule has 0 aliphatic heterocycles. The first-order valence-corrected chi connectivity index (χ1v) is 8.92. The first kappa shape index (κ1) is 19.5. The summed E-state index contributed by atoms with van der Waals surface area (Å²) in [7, 11) is 0. The topological polar surface area (TPSA) is 102 Å². The van der Waals surface area contributed by atoms with Crippen LogP contribution in [0.5, 0.6) is 0 Å². The Morgan fingerprint density at radius 2 is 1.82 bits per heavy atom. The lowest BCUT2D eigenvalue weighted by molar-refractivity contribution is -0.117. The van der Waals surface area contributed by atoms with Crippen LogP contribution in [0.4, 0.5) is 11.4 Å². The fourth-order valence-corrected chi connectivity index (χ4v) is 2.87. The van der Waals surface area contributed by atoms with E-state index in [9.17, 15) is 9.59 Å². The van der Waals surface area contributed by atoms with Crippen LogP contribution in [0.15, 0.2) is 36.4 Å². The number of rotatable bonds is 5. The van der Waals surface area contributed by atoms with E-state index in [0.29, 0.717) is 22.1 Å². The highest BCUT2D eigenvalue weighted by molar-refractivity contribution is 6.34.